The Balaban J connectivity index is 2.63. The second-order valence-corrected chi connectivity index (χ2v) is 6.17. The molecule has 1 amide bonds. The highest BCUT2D eigenvalue weighted by Crippen LogP contribution is 2.20. The molecule has 17 heavy (non-hydrogen) atoms. The Morgan fingerprint density at radius 3 is 2.71 bits per heavy atom. The minimum absolute atomic E-state index is 0.115. The fraction of sp³-hybridized carbons (Fsp3) is 0.615. The molecule has 3 nitrogen and oxygen atoms in total. The quantitative estimate of drug-likeness (QED) is 0.875. The lowest BCUT2D eigenvalue weighted by Gasteiger charge is -2.32. The molecule has 4 heteroatoms. The van der Waals surface area contributed by atoms with E-state index in [4.69, 9.17) is 5.73 Å². The van der Waals surface area contributed by atoms with Crippen molar-refractivity contribution >= 4 is 17.2 Å². The van der Waals surface area contributed by atoms with Crippen LogP contribution in [0.3, 0.4) is 0 Å². The largest absolute Gasteiger partial charge is 0.342 e. The topological polar surface area (TPSA) is 46.3 Å². The van der Waals surface area contributed by atoms with Crippen molar-refractivity contribution in [1.82, 2.24) is 4.90 Å². The number of hydrogen-bond donors (Lipinski definition) is 1. The van der Waals surface area contributed by atoms with Gasteiger partial charge in [0.25, 0.3) is 0 Å². The van der Waals surface area contributed by atoms with Crippen LogP contribution in [0.15, 0.2) is 17.5 Å². The average molecular weight is 254 g/mol. The van der Waals surface area contributed by atoms with Gasteiger partial charge in [-0.25, -0.2) is 0 Å². The van der Waals surface area contributed by atoms with Crippen molar-refractivity contribution in [3.05, 3.63) is 22.4 Å². The second kappa shape index (κ2) is 5.65. The Hall–Kier alpha value is -0.870. The van der Waals surface area contributed by atoms with E-state index in [0.717, 1.165) is 6.42 Å². The molecule has 0 aliphatic rings. The normalized spacial score (nSPS) is 13.5. The summed E-state index contributed by atoms with van der Waals surface area (Å²) in [6.45, 7) is 6.24. The van der Waals surface area contributed by atoms with Crippen molar-refractivity contribution < 1.29 is 4.79 Å². The molecule has 1 aromatic rings. The molecule has 1 aromatic heterocycles. The highest BCUT2D eigenvalue weighted by atomic mass is 32.1. The summed E-state index contributed by atoms with van der Waals surface area (Å²) >= 11 is 1.73. The van der Waals surface area contributed by atoms with Crippen molar-refractivity contribution in [2.24, 2.45) is 11.1 Å². The maximum atomic E-state index is 12.2. The third-order valence-electron chi connectivity index (χ3n) is 3.15. The van der Waals surface area contributed by atoms with Gasteiger partial charge in [-0.1, -0.05) is 6.07 Å². The van der Waals surface area contributed by atoms with E-state index in [2.05, 4.69) is 18.4 Å². The predicted octanol–water partition coefficient (Wildman–Crippen LogP) is 2.12. The van der Waals surface area contributed by atoms with E-state index >= 15 is 0 Å². The molecule has 0 saturated heterocycles. The zero-order valence-corrected chi connectivity index (χ0v) is 11.9. The molecule has 0 radical (unpaired) electrons. The standard InChI is InChI=1S/C13H22N2OS/c1-10(8-11-6-5-7-17-11)15(4)12(16)13(2,3)9-14/h5-7,10H,8-9,14H2,1-4H3. The van der Waals surface area contributed by atoms with E-state index in [-0.39, 0.29) is 11.9 Å². The van der Waals surface area contributed by atoms with Crippen LogP contribution in [0, 0.1) is 5.41 Å². The molecule has 0 aromatic carbocycles. The molecule has 2 N–H and O–H groups in total. The lowest BCUT2D eigenvalue weighted by molar-refractivity contribution is -0.140. The Kier molecular flexibility index (Phi) is 4.71. The summed E-state index contributed by atoms with van der Waals surface area (Å²) in [5.74, 6) is 0.115. The van der Waals surface area contributed by atoms with Crippen LogP contribution in [-0.4, -0.2) is 30.4 Å². The van der Waals surface area contributed by atoms with Gasteiger partial charge in [0.2, 0.25) is 5.91 Å². The third kappa shape index (κ3) is 3.54. The molecular formula is C13H22N2OS. The molecule has 1 heterocycles. The van der Waals surface area contributed by atoms with Gasteiger partial charge in [-0.15, -0.1) is 11.3 Å². The number of thiophene rings is 1. The number of amides is 1. The van der Waals surface area contributed by atoms with Crippen LogP contribution in [0.1, 0.15) is 25.6 Å². The van der Waals surface area contributed by atoms with Gasteiger partial charge in [0.15, 0.2) is 0 Å². The van der Waals surface area contributed by atoms with Crippen LogP contribution in [0.4, 0.5) is 0 Å². The minimum atomic E-state index is -0.474. The zero-order chi connectivity index (χ0) is 13.1. The van der Waals surface area contributed by atoms with E-state index in [1.54, 1.807) is 11.3 Å². The number of nitrogens with zero attached hydrogens (tertiary/aromatic N) is 1. The molecule has 0 bridgehead atoms. The van der Waals surface area contributed by atoms with Gasteiger partial charge in [-0.3, -0.25) is 4.79 Å². The number of rotatable bonds is 5. The number of carbonyl (C=O) groups is 1. The first kappa shape index (κ1) is 14.2. The first-order valence-electron chi connectivity index (χ1n) is 5.88. The molecule has 0 aliphatic heterocycles. The van der Waals surface area contributed by atoms with E-state index in [0.29, 0.717) is 6.54 Å². The summed E-state index contributed by atoms with van der Waals surface area (Å²) in [7, 11) is 1.86. The number of hydrogen-bond acceptors (Lipinski definition) is 3. The summed E-state index contributed by atoms with van der Waals surface area (Å²) < 4.78 is 0. The van der Waals surface area contributed by atoms with Crippen LogP contribution in [-0.2, 0) is 11.2 Å². The Morgan fingerprint density at radius 2 is 2.24 bits per heavy atom. The number of nitrogens with two attached hydrogens (primary N) is 1. The van der Waals surface area contributed by atoms with Crippen molar-refractivity contribution in [3.8, 4) is 0 Å². The first-order valence-corrected chi connectivity index (χ1v) is 6.76. The first-order chi connectivity index (χ1) is 7.88. The molecule has 0 saturated carbocycles. The zero-order valence-electron chi connectivity index (χ0n) is 11.1. The predicted molar refractivity (Wildman–Crippen MR) is 73.1 cm³/mol. The van der Waals surface area contributed by atoms with Gasteiger partial charge in [-0.05, 0) is 32.2 Å². The van der Waals surface area contributed by atoms with E-state index in [1.165, 1.54) is 4.88 Å². The van der Waals surface area contributed by atoms with Crippen molar-refractivity contribution in [2.75, 3.05) is 13.6 Å². The van der Waals surface area contributed by atoms with Crippen LogP contribution in [0.25, 0.3) is 0 Å². The van der Waals surface area contributed by atoms with E-state index in [1.807, 2.05) is 31.9 Å². The molecular weight excluding hydrogens is 232 g/mol. The third-order valence-corrected chi connectivity index (χ3v) is 4.05. The van der Waals surface area contributed by atoms with Gasteiger partial charge in [0.1, 0.15) is 0 Å². The van der Waals surface area contributed by atoms with Crippen molar-refractivity contribution in [1.29, 1.82) is 0 Å². The summed E-state index contributed by atoms with van der Waals surface area (Å²) in [6, 6.07) is 4.35. The smallest absolute Gasteiger partial charge is 0.229 e. The molecule has 96 valence electrons. The summed E-state index contributed by atoms with van der Waals surface area (Å²) in [6.07, 6.45) is 0.903. The molecule has 0 spiro atoms. The molecule has 1 atom stereocenters. The van der Waals surface area contributed by atoms with Gasteiger partial charge in [0.05, 0.1) is 5.41 Å². The van der Waals surface area contributed by atoms with Crippen LogP contribution in [0.2, 0.25) is 0 Å². The Morgan fingerprint density at radius 1 is 1.59 bits per heavy atom. The van der Waals surface area contributed by atoms with Gasteiger partial charge in [0, 0.05) is 30.9 Å². The Labute approximate surface area is 108 Å². The second-order valence-electron chi connectivity index (χ2n) is 5.14. The van der Waals surface area contributed by atoms with Crippen molar-refractivity contribution in [2.45, 2.75) is 33.2 Å². The Bertz CT molecular complexity index is 360. The monoisotopic (exact) mass is 254 g/mol. The number of likely N-dealkylation sites (N-methyl/N-ethyl adjacent to an activating group) is 1. The summed E-state index contributed by atoms with van der Waals surface area (Å²) in [4.78, 5) is 15.3. The highest BCUT2D eigenvalue weighted by Gasteiger charge is 2.30. The van der Waals surface area contributed by atoms with E-state index in [9.17, 15) is 4.79 Å². The maximum absolute atomic E-state index is 12.2. The molecule has 0 aliphatic carbocycles. The highest BCUT2D eigenvalue weighted by molar-refractivity contribution is 7.09. The van der Waals surface area contributed by atoms with Gasteiger partial charge < -0.3 is 10.6 Å². The number of carbonyl (C=O) groups excluding carboxylic acids is 1. The fourth-order valence-corrected chi connectivity index (χ4v) is 2.45. The SMILES string of the molecule is CC(Cc1cccs1)N(C)C(=O)C(C)(C)CN. The van der Waals surface area contributed by atoms with Crippen LogP contribution in [0.5, 0.6) is 0 Å². The summed E-state index contributed by atoms with van der Waals surface area (Å²) in [5.41, 5.74) is 5.16. The molecule has 1 unspecified atom stereocenters. The fourth-order valence-electron chi connectivity index (χ4n) is 1.62. The van der Waals surface area contributed by atoms with Gasteiger partial charge in [-0.2, -0.15) is 0 Å². The van der Waals surface area contributed by atoms with Crippen LogP contribution >= 0.6 is 11.3 Å². The lowest BCUT2D eigenvalue weighted by atomic mass is 9.91. The molecule has 0 fully saturated rings. The van der Waals surface area contributed by atoms with E-state index < -0.39 is 5.41 Å². The lowest BCUT2D eigenvalue weighted by Crippen LogP contribution is -2.46. The maximum Gasteiger partial charge on any atom is 0.229 e. The van der Waals surface area contributed by atoms with Crippen molar-refractivity contribution in [3.63, 3.8) is 0 Å². The van der Waals surface area contributed by atoms with Gasteiger partial charge >= 0.3 is 0 Å². The minimum Gasteiger partial charge on any atom is -0.342 e. The van der Waals surface area contributed by atoms with Crippen LogP contribution < -0.4 is 5.73 Å². The summed E-state index contributed by atoms with van der Waals surface area (Å²) in [5, 5.41) is 2.06. The molecule has 1 rings (SSSR count). The average Bonchev–Trinajstić information content (AvgIpc) is 2.79.